The Morgan fingerprint density at radius 2 is 1.75 bits per heavy atom. The second-order valence-electron chi connectivity index (χ2n) is 4.41. The Bertz CT molecular complexity index is 682. The highest BCUT2D eigenvalue weighted by molar-refractivity contribution is 7.89. The molecule has 0 heterocycles. The molecule has 20 heavy (non-hydrogen) atoms. The Hall–Kier alpha value is -1.92. The molecule has 0 bridgehead atoms. The number of nitrogen functional groups attached to an aromatic ring is 1. The zero-order chi connectivity index (χ0) is 14.8. The third-order valence-corrected chi connectivity index (χ3v) is 4.53. The maximum atomic E-state index is 13.7. The van der Waals surface area contributed by atoms with E-state index in [2.05, 4.69) is 4.72 Å². The van der Waals surface area contributed by atoms with Gasteiger partial charge in [0.2, 0.25) is 10.0 Å². The van der Waals surface area contributed by atoms with Gasteiger partial charge in [-0.25, -0.2) is 17.5 Å². The van der Waals surface area contributed by atoms with Crippen molar-refractivity contribution in [2.24, 2.45) is 0 Å². The van der Waals surface area contributed by atoms with Gasteiger partial charge < -0.3 is 5.73 Å². The first-order valence-corrected chi connectivity index (χ1v) is 7.51. The fraction of sp³-hybridized carbons (Fsp3) is 0.143. The van der Waals surface area contributed by atoms with Crippen molar-refractivity contribution in [3.05, 3.63) is 59.9 Å². The second kappa shape index (κ2) is 5.60. The first-order chi connectivity index (χ1) is 9.42. The minimum Gasteiger partial charge on any atom is -0.398 e. The van der Waals surface area contributed by atoms with Crippen LogP contribution in [0.1, 0.15) is 18.5 Å². The smallest absolute Gasteiger partial charge is 0.246 e. The van der Waals surface area contributed by atoms with E-state index < -0.39 is 26.8 Å². The quantitative estimate of drug-likeness (QED) is 0.851. The highest BCUT2D eigenvalue weighted by Gasteiger charge is 2.24. The van der Waals surface area contributed by atoms with Crippen molar-refractivity contribution in [3.8, 4) is 0 Å². The summed E-state index contributed by atoms with van der Waals surface area (Å²) in [7, 11) is -4.02. The van der Waals surface area contributed by atoms with Crippen molar-refractivity contribution in [1.82, 2.24) is 4.72 Å². The number of rotatable bonds is 4. The summed E-state index contributed by atoms with van der Waals surface area (Å²) in [5, 5.41) is 0. The lowest BCUT2D eigenvalue weighted by Gasteiger charge is -2.16. The number of nitrogens with two attached hydrogens (primary N) is 1. The van der Waals surface area contributed by atoms with Crippen LogP contribution in [0.4, 0.5) is 10.1 Å². The van der Waals surface area contributed by atoms with Crippen molar-refractivity contribution < 1.29 is 12.8 Å². The highest BCUT2D eigenvalue weighted by atomic mass is 32.2. The summed E-state index contributed by atoms with van der Waals surface area (Å²) in [6.07, 6.45) is 0. The molecule has 3 N–H and O–H groups in total. The molecule has 0 radical (unpaired) electrons. The second-order valence-corrected chi connectivity index (χ2v) is 6.06. The Morgan fingerprint density at radius 3 is 2.35 bits per heavy atom. The molecule has 106 valence electrons. The molecular formula is C14H15FN2O2S. The SMILES string of the molecule is C[C@@H](NS(=O)(=O)c1c(N)cccc1F)c1ccccc1. The van der Waals surface area contributed by atoms with Crippen LogP contribution in [0.5, 0.6) is 0 Å². The predicted octanol–water partition coefficient (Wildman–Crippen LogP) is 2.45. The molecule has 0 aromatic heterocycles. The Morgan fingerprint density at radius 1 is 1.10 bits per heavy atom. The summed E-state index contributed by atoms with van der Waals surface area (Å²) in [4.78, 5) is -0.511. The number of anilines is 1. The maximum absolute atomic E-state index is 13.7. The van der Waals surface area contributed by atoms with E-state index in [1.165, 1.54) is 12.1 Å². The standard InChI is InChI=1S/C14H15FN2O2S/c1-10(11-6-3-2-4-7-11)17-20(18,19)14-12(15)8-5-9-13(14)16/h2-10,17H,16H2,1H3/t10-/m1/s1. The van der Waals surface area contributed by atoms with Crippen molar-refractivity contribution in [1.29, 1.82) is 0 Å². The van der Waals surface area contributed by atoms with E-state index in [-0.39, 0.29) is 5.69 Å². The highest BCUT2D eigenvalue weighted by Crippen LogP contribution is 2.23. The first-order valence-electron chi connectivity index (χ1n) is 6.03. The molecule has 0 saturated carbocycles. The molecule has 1 atom stereocenters. The van der Waals surface area contributed by atoms with Gasteiger partial charge >= 0.3 is 0 Å². The van der Waals surface area contributed by atoms with E-state index in [1.807, 2.05) is 6.07 Å². The van der Waals surface area contributed by atoms with Gasteiger partial charge in [0.1, 0.15) is 10.7 Å². The molecule has 0 amide bonds. The lowest BCUT2D eigenvalue weighted by Crippen LogP contribution is -2.28. The lowest BCUT2D eigenvalue weighted by molar-refractivity contribution is 0.548. The summed E-state index contributed by atoms with van der Waals surface area (Å²) in [5.74, 6) is -0.863. The van der Waals surface area contributed by atoms with Gasteiger partial charge in [-0.3, -0.25) is 0 Å². The first kappa shape index (κ1) is 14.5. The maximum Gasteiger partial charge on any atom is 0.246 e. The van der Waals surface area contributed by atoms with Gasteiger partial charge in [0.05, 0.1) is 5.69 Å². The van der Waals surface area contributed by atoms with Crippen LogP contribution >= 0.6 is 0 Å². The van der Waals surface area contributed by atoms with Crippen molar-refractivity contribution >= 4 is 15.7 Å². The average Bonchev–Trinajstić information content (AvgIpc) is 2.38. The number of halogens is 1. The number of hydrogen-bond donors (Lipinski definition) is 2. The van der Waals surface area contributed by atoms with Gasteiger partial charge in [-0.1, -0.05) is 36.4 Å². The number of hydrogen-bond acceptors (Lipinski definition) is 3. The fourth-order valence-corrected chi connectivity index (χ4v) is 3.33. The Labute approximate surface area is 117 Å². The minimum atomic E-state index is -4.02. The van der Waals surface area contributed by atoms with Gasteiger partial charge in [-0.05, 0) is 24.6 Å². The van der Waals surface area contributed by atoms with Gasteiger partial charge in [0.15, 0.2) is 0 Å². The third-order valence-electron chi connectivity index (χ3n) is 2.90. The zero-order valence-electron chi connectivity index (χ0n) is 10.9. The number of nitrogens with one attached hydrogen (secondary N) is 1. The van der Waals surface area contributed by atoms with Crippen LogP contribution in [0.25, 0.3) is 0 Å². The van der Waals surface area contributed by atoms with Gasteiger partial charge in [-0.2, -0.15) is 0 Å². The fourth-order valence-electron chi connectivity index (χ4n) is 1.91. The van der Waals surface area contributed by atoms with Crippen molar-refractivity contribution in [2.75, 3.05) is 5.73 Å². The third kappa shape index (κ3) is 2.97. The predicted molar refractivity (Wildman–Crippen MR) is 76.0 cm³/mol. The summed E-state index contributed by atoms with van der Waals surface area (Å²) < 4.78 is 40.6. The molecule has 2 aromatic rings. The van der Waals surface area contributed by atoms with E-state index in [4.69, 9.17) is 5.73 Å². The van der Waals surface area contributed by atoms with Crippen LogP contribution in [0.15, 0.2) is 53.4 Å². The Kier molecular flexibility index (Phi) is 4.06. The van der Waals surface area contributed by atoms with E-state index >= 15 is 0 Å². The van der Waals surface area contributed by atoms with Gasteiger partial charge in [-0.15, -0.1) is 0 Å². The monoisotopic (exact) mass is 294 g/mol. The van der Waals surface area contributed by atoms with Crippen LogP contribution < -0.4 is 10.5 Å². The lowest BCUT2D eigenvalue weighted by atomic mass is 10.1. The van der Waals surface area contributed by atoms with E-state index in [9.17, 15) is 12.8 Å². The zero-order valence-corrected chi connectivity index (χ0v) is 11.7. The molecule has 2 aromatic carbocycles. The molecule has 0 aliphatic heterocycles. The van der Waals surface area contributed by atoms with Crippen LogP contribution in [-0.2, 0) is 10.0 Å². The average molecular weight is 294 g/mol. The molecular weight excluding hydrogens is 279 g/mol. The van der Waals surface area contributed by atoms with Crippen LogP contribution in [-0.4, -0.2) is 8.42 Å². The van der Waals surface area contributed by atoms with E-state index in [0.29, 0.717) is 0 Å². The normalized spacial score (nSPS) is 13.1. The van der Waals surface area contributed by atoms with E-state index in [1.54, 1.807) is 31.2 Å². The molecule has 2 rings (SSSR count). The van der Waals surface area contributed by atoms with Gasteiger partial charge in [0, 0.05) is 6.04 Å². The number of sulfonamides is 1. The van der Waals surface area contributed by atoms with Crippen LogP contribution in [0.2, 0.25) is 0 Å². The molecule has 0 aliphatic rings. The van der Waals surface area contributed by atoms with Crippen molar-refractivity contribution in [3.63, 3.8) is 0 Å². The van der Waals surface area contributed by atoms with Gasteiger partial charge in [0.25, 0.3) is 0 Å². The van der Waals surface area contributed by atoms with Crippen molar-refractivity contribution in [2.45, 2.75) is 17.9 Å². The Balaban J connectivity index is 2.33. The largest absolute Gasteiger partial charge is 0.398 e. The van der Waals surface area contributed by atoms with Crippen LogP contribution in [0.3, 0.4) is 0 Å². The number of benzene rings is 2. The topological polar surface area (TPSA) is 72.2 Å². The van der Waals surface area contributed by atoms with Crippen LogP contribution in [0, 0.1) is 5.82 Å². The molecule has 0 fully saturated rings. The van der Waals surface area contributed by atoms with E-state index in [0.717, 1.165) is 11.6 Å². The molecule has 0 aliphatic carbocycles. The molecule has 0 spiro atoms. The molecule has 4 nitrogen and oxygen atoms in total. The summed E-state index contributed by atoms with van der Waals surface area (Å²) in [6, 6.07) is 12.3. The minimum absolute atomic E-state index is 0.113. The summed E-state index contributed by atoms with van der Waals surface area (Å²) >= 11 is 0. The molecule has 6 heteroatoms. The summed E-state index contributed by atoms with van der Waals surface area (Å²) in [6.45, 7) is 1.68. The molecule has 0 unspecified atom stereocenters. The molecule has 0 saturated heterocycles. The summed E-state index contributed by atoms with van der Waals surface area (Å²) in [5.41, 5.74) is 6.23.